The molecule has 0 fully saturated rings. The quantitative estimate of drug-likeness (QED) is 0.673. The van der Waals surface area contributed by atoms with Gasteiger partial charge in [-0.05, 0) is 12.1 Å². The fourth-order valence-corrected chi connectivity index (χ4v) is 1.72. The normalized spacial score (nSPS) is 12.7. The number of hydrogen-bond acceptors (Lipinski definition) is 2. The molecule has 10 heteroatoms. The Morgan fingerprint density at radius 1 is 1.10 bits per heavy atom. The Morgan fingerprint density at radius 3 is 2.24 bits per heavy atom. The molecule has 2 aromatic rings. The molecule has 0 saturated carbocycles. The van der Waals surface area contributed by atoms with Crippen molar-refractivity contribution >= 4 is 16.7 Å². The highest BCUT2D eigenvalue weighted by Gasteiger charge is 2.42. The maximum atomic E-state index is 13.4. The maximum Gasteiger partial charge on any atom is 0.573 e. The number of nitrogens with one attached hydrogen (secondary N) is 1. The molecule has 0 radical (unpaired) electrons. The second kappa shape index (κ2) is 4.64. The van der Waals surface area contributed by atoms with Gasteiger partial charge in [0, 0.05) is 6.20 Å². The molecule has 0 unspecified atom stereocenters. The summed E-state index contributed by atoms with van der Waals surface area (Å²) >= 11 is 0. The number of hydrogen-bond donors (Lipinski definition) is 1. The molecular formula is C11H4F7NO2. The molecule has 114 valence electrons. The molecule has 1 heterocycles. The van der Waals surface area contributed by atoms with E-state index in [0.717, 1.165) is 0 Å². The Balaban J connectivity index is 2.69. The highest BCUT2D eigenvalue weighted by molar-refractivity contribution is 6.12. The molecule has 0 aliphatic rings. The summed E-state index contributed by atoms with van der Waals surface area (Å²) in [5.41, 5.74) is -1.85. The molecule has 0 bridgehead atoms. The predicted octanol–water partition coefficient (Wildman–Crippen LogP) is 3.95. The SMILES string of the molecule is O=C(c1c[nH]c2c(F)ccc(OC(F)(F)F)c12)C(F)(F)F. The van der Waals surface area contributed by atoms with E-state index >= 15 is 0 Å². The lowest BCUT2D eigenvalue weighted by Gasteiger charge is -2.11. The van der Waals surface area contributed by atoms with Crippen LogP contribution < -0.4 is 4.74 Å². The molecule has 0 aliphatic heterocycles. The Hall–Kier alpha value is -2.26. The number of alkyl halides is 6. The molecule has 0 amide bonds. The first-order valence-electron chi connectivity index (χ1n) is 5.17. The number of rotatable bonds is 2. The van der Waals surface area contributed by atoms with E-state index in [1.165, 1.54) is 0 Å². The lowest BCUT2D eigenvalue weighted by atomic mass is 10.1. The first-order chi connectivity index (χ1) is 9.50. The van der Waals surface area contributed by atoms with Crippen LogP contribution in [0, 0.1) is 5.82 Å². The third-order valence-corrected chi connectivity index (χ3v) is 2.47. The third kappa shape index (κ3) is 2.93. The number of Topliss-reactive ketones (excluding diaryl/α,β-unsaturated/α-hetero) is 1. The minimum absolute atomic E-state index is 0.479. The summed E-state index contributed by atoms with van der Waals surface area (Å²) in [5.74, 6) is -4.64. The number of aromatic amines is 1. The Bertz CT molecular complexity index is 699. The van der Waals surface area contributed by atoms with E-state index in [4.69, 9.17) is 0 Å². The van der Waals surface area contributed by atoms with Gasteiger partial charge >= 0.3 is 12.5 Å². The lowest BCUT2D eigenvalue weighted by Crippen LogP contribution is -2.23. The molecule has 0 aliphatic carbocycles. The summed E-state index contributed by atoms with van der Waals surface area (Å²) < 4.78 is 90.7. The summed E-state index contributed by atoms with van der Waals surface area (Å²) in [5, 5.41) is -0.922. The van der Waals surface area contributed by atoms with Crippen molar-refractivity contribution in [1.29, 1.82) is 0 Å². The number of H-pyrrole nitrogens is 1. The van der Waals surface area contributed by atoms with Gasteiger partial charge in [-0.15, -0.1) is 13.2 Å². The van der Waals surface area contributed by atoms with Gasteiger partial charge in [-0.1, -0.05) is 0 Å². The highest BCUT2D eigenvalue weighted by atomic mass is 19.4. The van der Waals surface area contributed by atoms with Crippen molar-refractivity contribution in [2.75, 3.05) is 0 Å². The fraction of sp³-hybridized carbons (Fsp3) is 0.182. The van der Waals surface area contributed by atoms with E-state index in [2.05, 4.69) is 4.74 Å². The number of halogens is 7. The molecule has 0 spiro atoms. The smallest absolute Gasteiger partial charge is 0.405 e. The second-order valence-electron chi connectivity index (χ2n) is 3.87. The average molecular weight is 315 g/mol. The zero-order valence-electron chi connectivity index (χ0n) is 9.69. The molecule has 21 heavy (non-hydrogen) atoms. The van der Waals surface area contributed by atoms with Crippen LogP contribution in [0.1, 0.15) is 10.4 Å². The number of benzene rings is 1. The summed E-state index contributed by atoms with van der Waals surface area (Å²) in [7, 11) is 0. The van der Waals surface area contributed by atoms with Crippen LogP contribution in [0.15, 0.2) is 18.3 Å². The predicted molar refractivity (Wildman–Crippen MR) is 55.3 cm³/mol. The van der Waals surface area contributed by atoms with Gasteiger partial charge in [0.2, 0.25) is 0 Å². The second-order valence-corrected chi connectivity index (χ2v) is 3.87. The first kappa shape index (κ1) is 15.1. The molecule has 2 rings (SSSR count). The standard InChI is InChI=1S/C11H4F7NO2/c12-5-1-2-6(21-11(16,17)18)7-4(3-19-8(5)7)9(20)10(13,14)15/h1-3,19H. The summed E-state index contributed by atoms with van der Waals surface area (Å²) in [6, 6.07) is 1.06. The van der Waals surface area contributed by atoms with Crippen LogP contribution in [0.25, 0.3) is 10.9 Å². The zero-order chi connectivity index (χ0) is 16.0. The van der Waals surface area contributed by atoms with Crippen LogP contribution in [0.5, 0.6) is 5.75 Å². The van der Waals surface area contributed by atoms with Gasteiger partial charge in [0.05, 0.1) is 16.5 Å². The van der Waals surface area contributed by atoms with Crippen LogP contribution >= 0.6 is 0 Å². The number of carbonyl (C=O) groups is 1. The van der Waals surface area contributed by atoms with Gasteiger partial charge in [-0.3, -0.25) is 4.79 Å². The van der Waals surface area contributed by atoms with Gasteiger partial charge in [-0.25, -0.2) is 4.39 Å². The number of carbonyl (C=O) groups excluding carboxylic acids is 1. The number of aromatic nitrogens is 1. The van der Waals surface area contributed by atoms with E-state index < -0.39 is 46.4 Å². The van der Waals surface area contributed by atoms with Crippen molar-refractivity contribution in [1.82, 2.24) is 4.98 Å². The minimum Gasteiger partial charge on any atom is -0.405 e. The van der Waals surface area contributed by atoms with Crippen molar-refractivity contribution in [3.05, 3.63) is 29.7 Å². The van der Waals surface area contributed by atoms with Crippen molar-refractivity contribution in [2.45, 2.75) is 12.5 Å². The van der Waals surface area contributed by atoms with E-state index in [1.807, 2.05) is 4.98 Å². The molecule has 0 saturated heterocycles. The Kier molecular flexibility index (Phi) is 3.34. The van der Waals surface area contributed by atoms with Gasteiger partial charge in [0.25, 0.3) is 5.78 Å². The van der Waals surface area contributed by atoms with Crippen molar-refractivity contribution in [2.24, 2.45) is 0 Å². The molecule has 1 N–H and O–H groups in total. The maximum absolute atomic E-state index is 13.4. The fourth-order valence-electron chi connectivity index (χ4n) is 1.72. The molecular weight excluding hydrogens is 311 g/mol. The Morgan fingerprint density at radius 2 is 1.71 bits per heavy atom. The van der Waals surface area contributed by atoms with Crippen LogP contribution in [-0.2, 0) is 0 Å². The number of ether oxygens (including phenoxy) is 1. The van der Waals surface area contributed by atoms with Crippen LogP contribution in [0.3, 0.4) is 0 Å². The zero-order valence-corrected chi connectivity index (χ0v) is 9.69. The van der Waals surface area contributed by atoms with Crippen molar-refractivity contribution in [3.8, 4) is 5.75 Å². The highest BCUT2D eigenvalue weighted by Crippen LogP contribution is 2.36. The van der Waals surface area contributed by atoms with Gasteiger partial charge in [0.15, 0.2) is 0 Å². The largest absolute Gasteiger partial charge is 0.573 e. The van der Waals surface area contributed by atoms with E-state index in [1.54, 1.807) is 0 Å². The first-order valence-corrected chi connectivity index (χ1v) is 5.17. The topological polar surface area (TPSA) is 42.1 Å². The van der Waals surface area contributed by atoms with E-state index in [-0.39, 0.29) is 0 Å². The summed E-state index contributed by atoms with van der Waals surface area (Å²) in [6.07, 6.45) is -10.1. The molecule has 0 atom stereocenters. The molecule has 1 aromatic heterocycles. The van der Waals surface area contributed by atoms with Crippen molar-refractivity contribution in [3.63, 3.8) is 0 Å². The van der Waals surface area contributed by atoms with Crippen LogP contribution in [0.4, 0.5) is 30.7 Å². The number of ketones is 1. The average Bonchev–Trinajstić information content (AvgIpc) is 2.74. The van der Waals surface area contributed by atoms with E-state index in [9.17, 15) is 35.5 Å². The van der Waals surface area contributed by atoms with Crippen LogP contribution in [0.2, 0.25) is 0 Å². The summed E-state index contributed by atoms with van der Waals surface area (Å²) in [4.78, 5) is 13.2. The lowest BCUT2D eigenvalue weighted by molar-refractivity contribution is -0.274. The van der Waals surface area contributed by atoms with Gasteiger partial charge in [0.1, 0.15) is 11.6 Å². The van der Waals surface area contributed by atoms with Gasteiger partial charge in [-0.2, -0.15) is 13.2 Å². The third-order valence-electron chi connectivity index (χ3n) is 2.47. The summed E-state index contributed by atoms with van der Waals surface area (Å²) in [6.45, 7) is 0. The van der Waals surface area contributed by atoms with E-state index in [0.29, 0.717) is 18.3 Å². The number of fused-ring (bicyclic) bond motifs is 1. The van der Waals surface area contributed by atoms with Gasteiger partial charge < -0.3 is 9.72 Å². The Labute approximate surface area is 111 Å². The molecule has 3 nitrogen and oxygen atoms in total. The minimum atomic E-state index is -5.32. The van der Waals surface area contributed by atoms with Crippen molar-refractivity contribution < 1.29 is 40.3 Å². The van der Waals surface area contributed by atoms with Crippen LogP contribution in [-0.4, -0.2) is 23.3 Å². The monoisotopic (exact) mass is 315 g/mol. The molecule has 1 aromatic carbocycles.